The standard InChI is InChI=1S/C12H15BrClNO2/c1-3-6-12(2,11(16)17)15-8-4-5-10(14)9(13)7-8/h4-5,7,15H,3,6H2,1-2H3,(H,16,17). The second kappa shape index (κ2) is 5.74. The van der Waals surface area contributed by atoms with Crippen molar-refractivity contribution in [3.05, 3.63) is 27.7 Å². The van der Waals surface area contributed by atoms with Crippen LogP contribution in [0.15, 0.2) is 22.7 Å². The van der Waals surface area contributed by atoms with Crippen molar-refractivity contribution in [2.24, 2.45) is 0 Å². The Morgan fingerprint density at radius 3 is 2.71 bits per heavy atom. The maximum Gasteiger partial charge on any atom is 0.329 e. The predicted octanol–water partition coefficient (Wildman–Crippen LogP) is 4.16. The summed E-state index contributed by atoms with van der Waals surface area (Å²) in [5.74, 6) is -0.856. The van der Waals surface area contributed by atoms with Gasteiger partial charge < -0.3 is 10.4 Å². The van der Waals surface area contributed by atoms with Crippen LogP contribution >= 0.6 is 27.5 Å². The third-order valence-corrected chi connectivity index (χ3v) is 3.78. The van der Waals surface area contributed by atoms with E-state index >= 15 is 0 Å². The summed E-state index contributed by atoms with van der Waals surface area (Å²) in [6, 6.07) is 5.27. The molecule has 0 aliphatic rings. The number of rotatable bonds is 5. The number of anilines is 1. The van der Waals surface area contributed by atoms with E-state index in [1.54, 1.807) is 25.1 Å². The molecular weight excluding hydrogens is 305 g/mol. The smallest absolute Gasteiger partial charge is 0.329 e. The van der Waals surface area contributed by atoms with Crippen molar-refractivity contribution in [1.82, 2.24) is 0 Å². The minimum absolute atomic E-state index is 0.558. The summed E-state index contributed by atoms with van der Waals surface area (Å²) in [6.45, 7) is 3.64. The topological polar surface area (TPSA) is 49.3 Å². The van der Waals surface area contributed by atoms with Crippen LogP contribution in [0.3, 0.4) is 0 Å². The SMILES string of the molecule is CCCC(C)(Nc1ccc(Cl)c(Br)c1)C(=O)O. The van der Waals surface area contributed by atoms with Crippen LogP contribution < -0.4 is 5.32 Å². The van der Waals surface area contributed by atoms with Gasteiger partial charge in [-0.05, 0) is 47.5 Å². The zero-order valence-corrected chi connectivity index (χ0v) is 12.1. The van der Waals surface area contributed by atoms with Gasteiger partial charge in [-0.2, -0.15) is 0 Å². The van der Waals surface area contributed by atoms with Gasteiger partial charge in [-0.25, -0.2) is 4.79 Å². The summed E-state index contributed by atoms with van der Waals surface area (Å²) < 4.78 is 0.744. The highest BCUT2D eigenvalue weighted by atomic mass is 79.9. The fourth-order valence-corrected chi connectivity index (χ4v) is 2.11. The zero-order valence-electron chi connectivity index (χ0n) is 9.76. The van der Waals surface area contributed by atoms with E-state index in [0.29, 0.717) is 11.4 Å². The lowest BCUT2D eigenvalue weighted by Crippen LogP contribution is -2.43. The lowest BCUT2D eigenvalue weighted by Gasteiger charge is -2.27. The van der Waals surface area contributed by atoms with Gasteiger partial charge in [0.2, 0.25) is 0 Å². The van der Waals surface area contributed by atoms with Gasteiger partial charge in [-0.3, -0.25) is 0 Å². The molecule has 1 atom stereocenters. The van der Waals surface area contributed by atoms with Gasteiger partial charge in [-0.1, -0.05) is 24.9 Å². The average Bonchev–Trinajstić information content (AvgIpc) is 2.23. The summed E-state index contributed by atoms with van der Waals surface area (Å²) in [4.78, 5) is 11.3. The predicted molar refractivity (Wildman–Crippen MR) is 73.7 cm³/mol. The first-order valence-corrected chi connectivity index (χ1v) is 6.53. The molecule has 0 radical (unpaired) electrons. The van der Waals surface area contributed by atoms with Crippen LogP contribution in [0, 0.1) is 0 Å². The van der Waals surface area contributed by atoms with E-state index in [1.807, 2.05) is 6.92 Å². The van der Waals surface area contributed by atoms with Gasteiger partial charge in [-0.15, -0.1) is 0 Å². The van der Waals surface area contributed by atoms with Gasteiger partial charge in [0.05, 0.1) is 5.02 Å². The van der Waals surface area contributed by atoms with E-state index in [1.165, 1.54) is 0 Å². The molecule has 3 nitrogen and oxygen atoms in total. The molecule has 1 aromatic carbocycles. The average molecular weight is 321 g/mol. The van der Waals surface area contributed by atoms with Crippen molar-refractivity contribution < 1.29 is 9.90 Å². The molecule has 2 N–H and O–H groups in total. The highest BCUT2D eigenvalue weighted by Crippen LogP contribution is 2.28. The van der Waals surface area contributed by atoms with E-state index in [0.717, 1.165) is 16.6 Å². The van der Waals surface area contributed by atoms with E-state index in [4.69, 9.17) is 11.6 Å². The third-order valence-electron chi connectivity index (χ3n) is 2.56. The van der Waals surface area contributed by atoms with Gasteiger partial charge in [0, 0.05) is 10.2 Å². The van der Waals surface area contributed by atoms with Crippen LogP contribution in [0.1, 0.15) is 26.7 Å². The van der Waals surface area contributed by atoms with Crippen LogP contribution in [0.5, 0.6) is 0 Å². The lowest BCUT2D eigenvalue weighted by atomic mass is 9.96. The number of carboxylic acid groups (broad SMARTS) is 1. The molecule has 1 unspecified atom stereocenters. The molecule has 0 saturated heterocycles. The molecule has 0 saturated carbocycles. The number of halogens is 2. The molecule has 0 fully saturated rings. The first-order chi connectivity index (χ1) is 7.89. The maximum absolute atomic E-state index is 11.3. The molecule has 5 heteroatoms. The Bertz CT molecular complexity index is 425. The van der Waals surface area contributed by atoms with Gasteiger partial charge >= 0.3 is 5.97 Å². The van der Waals surface area contributed by atoms with E-state index < -0.39 is 11.5 Å². The van der Waals surface area contributed by atoms with Gasteiger partial charge in [0.25, 0.3) is 0 Å². The molecule has 1 aromatic rings. The second-order valence-corrected chi connectivity index (χ2v) is 5.40. The molecule has 0 heterocycles. The fraction of sp³-hybridized carbons (Fsp3) is 0.417. The molecule has 0 spiro atoms. The molecule has 0 bridgehead atoms. The summed E-state index contributed by atoms with van der Waals surface area (Å²) in [5, 5.41) is 12.9. The summed E-state index contributed by atoms with van der Waals surface area (Å²) in [6.07, 6.45) is 1.35. The molecule has 0 amide bonds. The molecule has 17 heavy (non-hydrogen) atoms. The molecule has 0 aliphatic carbocycles. The molecule has 0 aromatic heterocycles. The Kier molecular flexibility index (Phi) is 4.83. The van der Waals surface area contributed by atoms with Crippen molar-refractivity contribution in [2.75, 3.05) is 5.32 Å². The van der Waals surface area contributed by atoms with E-state index in [2.05, 4.69) is 21.2 Å². The zero-order chi connectivity index (χ0) is 13.1. The van der Waals surface area contributed by atoms with Crippen LogP contribution in [0.25, 0.3) is 0 Å². The number of nitrogens with one attached hydrogen (secondary N) is 1. The van der Waals surface area contributed by atoms with Crippen molar-refractivity contribution in [1.29, 1.82) is 0 Å². The van der Waals surface area contributed by atoms with Gasteiger partial charge in [0.1, 0.15) is 5.54 Å². The Hall–Kier alpha value is -0.740. The van der Waals surface area contributed by atoms with Crippen molar-refractivity contribution in [2.45, 2.75) is 32.2 Å². The number of benzene rings is 1. The number of hydrogen-bond acceptors (Lipinski definition) is 2. The normalized spacial score (nSPS) is 14.1. The van der Waals surface area contributed by atoms with Crippen LogP contribution in [-0.2, 0) is 4.79 Å². The van der Waals surface area contributed by atoms with Gasteiger partial charge in [0.15, 0.2) is 0 Å². The maximum atomic E-state index is 11.3. The first kappa shape index (κ1) is 14.3. The fourth-order valence-electron chi connectivity index (χ4n) is 1.62. The number of carbonyl (C=O) groups is 1. The van der Waals surface area contributed by atoms with Crippen LogP contribution in [0.4, 0.5) is 5.69 Å². The largest absolute Gasteiger partial charge is 0.480 e. The minimum atomic E-state index is -0.956. The van der Waals surface area contributed by atoms with Crippen molar-refractivity contribution >= 4 is 39.2 Å². The summed E-state index contributed by atoms with van der Waals surface area (Å²) >= 11 is 9.19. The Morgan fingerprint density at radius 2 is 2.24 bits per heavy atom. The Balaban J connectivity index is 2.94. The number of hydrogen-bond donors (Lipinski definition) is 2. The molecule has 94 valence electrons. The highest BCUT2D eigenvalue weighted by molar-refractivity contribution is 9.10. The van der Waals surface area contributed by atoms with E-state index in [-0.39, 0.29) is 0 Å². The quantitative estimate of drug-likeness (QED) is 0.856. The minimum Gasteiger partial charge on any atom is -0.480 e. The third kappa shape index (κ3) is 3.61. The van der Waals surface area contributed by atoms with Crippen LogP contribution in [-0.4, -0.2) is 16.6 Å². The summed E-state index contributed by atoms with van der Waals surface area (Å²) in [7, 11) is 0. The van der Waals surface area contributed by atoms with E-state index in [9.17, 15) is 9.90 Å². The molecule has 1 rings (SSSR count). The molecule has 0 aliphatic heterocycles. The monoisotopic (exact) mass is 319 g/mol. The lowest BCUT2D eigenvalue weighted by molar-refractivity contribution is -0.141. The van der Waals surface area contributed by atoms with Crippen molar-refractivity contribution in [3.63, 3.8) is 0 Å². The van der Waals surface area contributed by atoms with Crippen LogP contribution in [0.2, 0.25) is 5.02 Å². The van der Waals surface area contributed by atoms with Crippen molar-refractivity contribution in [3.8, 4) is 0 Å². The number of carboxylic acids is 1. The Labute approximate surface area is 114 Å². The first-order valence-electron chi connectivity index (χ1n) is 5.35. The Morgan fingerprint density at radius 1 is 1.59 bits per heavy atom. The second-order valence-electron chi connectivity index (χ2n) is 4.14. The summed E-state index contributed by atoms with van der Waals surface area (Å²) in [5.41, 5.74) is -0.221. The highest BCUT2D eigenvalue weighted by Gasteiger charge is 2.31. The number of aliphatic carboxylic acids is 1. The molecular formula is C12H15BrClNO2.